The first-order valence-electron chi connectivity index (χ1n) is 9.48. The third-order valence-electron chi connectivity index (χ3n) is 5.48. The molecular formula is C22H21N3O2S. The Balaban J connectivity index is 1.64. The van der Waals surface area contributed by atoms with Crippen molar-refractivity contribution < 1.29 is 9.26 Å². The van der Waals surface area contributed by atoms with E-state index in [1.54, 1.807) is 0 Å². The molecular weight excluding hydrogens is 370 g/mol. The topological polar surface area (TPSA) is 54.3 Å². The van der Waals surface area contributed by atoms with Crippen LogP contribution in [0.5, 0.6) is 0 Å². The van der Waals surface area contributed by atoms with Crippen LogP contribution in [0.25, 0.3) is 32.9 Å². The number of nitrogens with one attached hydrogen (secondary N) is 1. The Morgan fingerprint density at radius 2 is 1.93 bits per heavy atom. The molecule has 28 heavy (non-hydrogen) atoms. The van der Waals surface area contributed by atoms with Crippen LogP contribution in [0.3, 0.4) is 0 Å². The van der Waals surface area contributed by atoms with Gasteiger partial charge in [0, 0.05) is 46.1 Å². The molecule has 2 aromatic heterocycles. The third-order valence-corrected chi connectivity index (χ3v) is 5.98. The lowest BCUT2D eigenvalue weighted by atomic mass is 10.0. The van der Waals surface area contributed by atoms with Crippen molar-refractivity contribution in [1.82, 2.24) is 15.0 Å². The molecule has 0 radical (unpaired) electrons. The van der Waals surface area contributed by atoms with Crippen LogP contribution in [0.1, 0.15) is 17.0 Å². The maximum Gasteiger partial charge on any atom is 0.141 e. The fourth-order valence-electron chi connectivity index (χ4n) is 4.09. The molecule has 0 unspecified atom stereocenters. The van der Waals surface area contributed by atoms with E-state index in [-0.39, 0.29) is 0 Å². The average Bonchev–Trinajstić information content (AvgIpc) is 3.27. The Morgan fingerprint density at radius 1 is 1.11 bits per heavy atom. The molecule has 1 N–H and O–H groups in total. The first kappa shape index (κ1) is 17.4. The van der Waals surface area contributed by atoms with Crippen molar-refractivity contribution in [1.29, 1.82) is 0 Å². The average molecular weight is 391 g/mol. The van der Waals surface area contributed by atoms with Gasteiger partial charge in [-0.2, -0.15) is 0 Å². The summed E-state index contributed by atoms with van der Waals surface area (Å²) in [6.07, 6.45) is 0. The molecule has 0 atom stereocenters. The van der Waals surface area contributed by atoms with Gasteiger partial charge in [0.15, 0.2) is 0 Å². The lowest BCUT2D eigenvalue weighted by Gasteiger charge is -2.29. The smallest absolute Gasteiger partial charge is 0.141 e. The zero-order chi connectivity index (χ0) is 19.3. The van der Waals surface area contributed by atoms with Crippen molar-refractivity contribution >= 4 is 39.0 Å². The number of morpholine rings is 1. The molecule has 0 saturated carbocycles. The monoisotopic (exact) mass is 391 g/mol. The van der Waals surface area contributed by atoms with E-state index in [1.807, 2.05) is 13.8 Å². The number of thiocarbonyl (C=S) groups is 1. The summed E-state index contributed by atoms with van der Waals surface area (Å²) in [7, 11) is 0. The summed E-state index contributed by atoms with van der Waals surface area (Å²) in [5, 5.41) is 6.50. The fraction of sp³-hybridized carbons (Fsp3) is 0.273. The molecule has 0 amide bonds. The highest BCUT2D eigenvalue weighted by Gasteiger charge is 2.18. The SMILES string of the molecule is Cc1noc(C)c1-c1cccc2c1[nH]c1cc(C(=S)N3CCOCC3)ccc12. The molecule has 1 aliphatic rings. The molecule has 0 bridgehead atoms. The van der Waals surface area contributed by atoms with E-state index in [2.05, 4.69) is 51.4 Å². The van der Waals surface area contributed by atoms with Crippen LogP contribution in [0.2, 0.25) is 0 Å². The van der Waals surface area contributed by atoms with Crippen LogP contribution in [0, 0.1) is 13.8 Å². The van der Waals surface area contributed by atoms with E-state index < -0.39 is 0 Å². The molecule has 142 valence electrons. The number of ether oxygens (including phenoxy) is 1. The van der Waals surface area contributed by atoms with Gasteiger partial charge in [0.05, 0.1) is 24.4 Å². The van der Waals surface area contributed by atoms with Gasteiger partial charge in [-0.25, -0.2) is 0 Å². The van der Waals surface area contributed by atoms with Gasteiger partial charge >= 0.3 is 0 Å². The van der Waals surface area contributed by atoms with Gasteiger partial charge in [0.25, 0.3) is 0 Å². The van der Waals surface area contributed by atoms with E-state index in [0.29, 0.717) is 0 Å². The number of nitrogens with zero attached hydrogens (tertiary/aromatic N) is 2. The van der Waals surface area contributed by atoms with Crippen LogP contribution in [0.4, 0.5) is 0 Å². The number of aryl methyl sites for hydroxylation is 2. The Bertz CT molecular complexity index is 1180. The van der Waals surface area contributed by atoms with E-state index in [1.165, 1.54) is 10.8 Å². The molecule has 5 rings (SSSR count). The Morgan fingerprint density at radius 3 is 2.68 bits per heavy atom. The maximum atomic E-state index is 5.75. The van der Waals surface area contributed by atoms with E-state index in [9.17, 15) is 0 Å². The lowest BCUT2D eigenvalue weighted by molar-refractivity contribution is 0.0693. The van der Waals surface area contributed by atoms with Crippen molar-refractivity contribution in [2.45, 2.75) is 13.8 Å². The number of fused-ring (bicyclic) bond motifs is 3. The van der Waals surface area contributed by atoms with Crippen molar-refractivity contribution in [2.24, 2.45) is 0 Å². The first-order chi connectivity index (χ1) is 13.6. The second-order valence-corrected chi connectivity index (χ2v) is 7.60. The standard InChI is InChI=1S/C22H21N3O2S/c1-13-20(14(2)27-24-13)18-5-3-4-17-16-7-6-15(12-19(16)23-21(17)18)22(28)25-8-10-26-11-9-25/h3-7,12,23H,8-11H2,1-2H3. The fourth-order valence-corrected chi connectivity index (χ4v) is 4.40. The van der Waals surface area contributed by atoms with Crippen LogP contribution >= 0.6 is 12.2 Å². The van der Waals surface area contributed by atoms with Crippen molar-refractivity contribution in [2.75, 3.05) is 26.3 Å². The largest absolute Gasteiger partial charge is 0.378 e. The lowest BCUT2D eigenvalue weighted by Crippen LogP contribution is -2.40. The predicted molar refractivity (Wildman–Crippen MR) is 115 cm³/mol. The van der Waals surface area contributed by atoms with Gasteiger partial charge in [0.1, 0.15) is 10.7 Å². The minimum absolute atomic E-state index is 0.732. The number of rotatable bonds is 2. The molecule has 5 nitrogen and oxygen atoms in total. The molecule has 6 heteroatoms. The Kier molecular flexibility index (Phi) is 4.18. The van der Waals surface area contributed by atoms with Gasteiger partial charge in [-0.05, 0) is 19.9 Å². The second-order valence-electron chi connectivity index (χ2n) is 7.22. The quantitative estimate of drug-likeness (QED) is 0.506. The normalized spacial score (nSPS) is 14.9. The molecule has 4 aromatic rings. The number of hydrogen-bond donors (Lipinski definition) is 1. The summed E-state index contributed by atoms with van der Waals surface area (Å²) in [5.41, 5.74) is 6.32. The molecule has 1 aliphatic heterocycles. The van der Waals surface area contributed by atoms with Crippen LogP contribution in [-0.2, 0) is 4.74 Å². The minimum Gasteiger partial charge on any atom is -0.378 e. The molecule has 2 aromatic carbocycles. The van der Waals surface area contributed by atoms with Gasteiger partial charge in [0.2, 0.25) is 0 Å². The summed E-state index contributed by atoms with van der Waals surface area (Å²) in [6.45, 7) is 7.09. The number of para-hydroxylation sites is 1. The van der Waals surface area contributed by atoms with Crippen LogP contribution < -0.4 is 0 Å². The highest BCUT2D eigenvalue weighted by molar-refractivity contribution is 7.80. The Labute approximate surface area is 168 Å². The van der Waals surface area contributed by atoms with Crippen LogP contribution in [-0.4, -0.2) is 46.3 Å². The summed E-state index contributed by atoms with van der Waals surface area (Å²) < 4.78 is 10.8. The number of H-pyrrole nitrogens is 1. The van der Waals surface area contributed by atoms with Gasteiger partial charge in [-0.1, -0.05) is 47.7 Å². The van der Waals surface area contributed by atoms with Crippen molar-refractivity contribution in [3.05, 3.63) is 53.4 Å². The molecule has 1 fully saturated rings. The summed E-state index contributed by atoms with van der Waals surface area (Å²) in [4.78, 5) is 6.72. The minimum atomic E-state index is 0.732. The van der Waals surface area contributed by atoms with Gasteiger partial charge < -0.3 is 19.1 Å². The molecule has 0 spiro atoms. The molecule has 0 aliphatic carbocycles. The number of aromatic nitrogens is 2. The summed E-state index contributed by atoms with van der Waals surface area (Å²) >= 11 is 5.75. The third kappa shape index (κ3) is 2.72. The number of benzene rings is 2. The summed E-state index contributed by atoms with van der Waals surface area (Å²) in [6, 6.07) is 12.8. The highest BCUT2D eigenvalue weighted by atomic mass is 32.1. The highest BCUT2D eigenvalue weighted by Crippen LogP contribution is 2.36. The number of aromatic amines is 1. The van der Waals surface area contributed by atoms with E-state index >= 15 is 0 Å². The number of hydrogen-bond acceptors (Lipinski definition) is 4. The van der Waals surface area contributed by atoms with Crippen molar-refractivity contribution in [3.8, 4) is 11.1 Å². The maximum absolute atomic E-state index is 5.75. The first-order valence-corrected chi connectivity index (χ1v) is 9.89. The van der Waals surface area contributed by atoms with Gasteiger partial charge in [-0.15, -0.1) is 0 Å². The van der Waals surface area contributed by atoms with Crippen LogP contribution in [0.15, 0.2) is 40.9 Å². The second kappa shape index (κ2) is 6.72. The predicted octanol–water partition coefficient (Wildman–Crippen LogP) is 4.60. The Hall–Kier alpha value is -2.70. The van der Waals surface area contributed by atoms with Crippen molar-refractivity contribution in [3.63, 3.8) is 0 Å². The summed E-state index contributed by atoms with van der Waals surface area (Å²) in [5.74, 6) is 0.831. The van der Waals surface area contributed by atoms with E-state index in [4.69, 9.17) is 21.5 Å². The molecule has 3 heterocycles. The van der Waals surface area contributed by atoms with Gasteiger partial charge in [-0.3, -0.25) is 0 Å². The zero-order valence-electron chi connectivity index (χ0n) is 15.9. The zero-order valence-corrected chi connectivity index (χ0v) is 16.7. The van der Waals surface area contributed by atoms with E-state index in [0.717, 1.165) is 70.5 Å². The molecule has 1 saturated heterocycles.